The summed E-state index contributed by atoms with van der Waals surface area (Å²) in [6, 6.07) is 0. The van der Waals surface area contributed by atoms with Gasteiger partial charge in [0, 0.05) is 13.1 Å². The van der Waals surface area contributed by atoms with E-state index in [9.17, 15) is 9.59 Å². The topological polar surface area (TPSA) is 92.4 Å². The molecule has 0 unspecified atom stereocenters. The predicted octanol–water partition coefficient (Wildman–Crippen LogP) is 0.486. The zero-order valence-electron chi connectivity index (χ0n) is 9.50. The van der Waals surface area contributed by atoms with Crippen molar-refractivity contribution in [3.05, 3.63) is 0 Å². The summed E-state index contributed by atoms with van der Waals surface area (Å²) in [5.41, 5.74) is 5.25. The first-order chi connectivity index (χ1) is 7.60. The van der Waals surface area contributed by atoms with Crippen LogP contribution in [0.2, 0.25) is 0 Å². The molecule has 1 aliphatic carbocycles. The van der Waals surface area contributed by atoms with Gasteiger partial charge in [0.1, 0.15) is 0 Å². The summed E-state index contributed by atoms with van der Waals surface area (Å²) < 4.78 is 0. The van der Waals surface area contributed by atoms with Crippen LogP contribution in [0, 0.1) is 5.41 Å². The zero-order chi connectivity index (χ0) is 12.0. The van der Waals surface area contributed by atoms with Gasteiger partial charge in [-0.05, 0) is 12.8 Å². The fourth-order valence-electron chi connectivity index (χ4n) is 2.22. The van der Waals surface area contributed by atoms with E-state index in [-0.39, 0.29) is 18.9 Å². The van der Waals surface area contributed by atoms with E-state index in [0.29, 0.717) is 6.54 Å². The molecule has 0 spiro atoms. The van der Waals surface area contributed by atoms with E-state index >= 15 is 0 Å². The van der Waals surface area contributed by atoms with Crippen molar-refractivity contribution in [2.24, 2.45) is 11.1 Å². The lowest BCUT2D eigenvalue weighted by Crippen LogP contribution is -2.47. The molecule has 0 radical (unpaired) electrons. The Hall–Kier alpha value is -1.10. The summed E-state index contributed by atoms with van der Waals surface area (Å²) >= 11 is 0. The average Bonchev–Trinajstić information content (AvgIpc) is 2.29. The minimum atomic E-state index is -0.897. The third-order valence-corrected chi connectivity index (χ3v) is 3.31. The Balaban J connectivity index is 2.45. The van der Waals surface area contributed by atoms with Gasteiger partial charge in [0.2, 0.25) is 5.91 Å². The fraction of sp³-hybridized carbons (Fsp3) is 0.818. The number of hydrogen-bond acceptors (Lipinski definition) is 3. The maximum Gasteiger partial charge on any atom is 0.305 e. The van der Waals surface area contributed by atoms with Gasteiger partial charge in [-0.2, -0.15) is 0 Å². The highest BCUT2D eigenvalue weighted by atomic mass is 16.4. The molecule has 1 aliphatic rings. The average molecular weight is 228 g/mol. The van der Waals surface area contributed by atoms with Crippen LogP contribution in [0.25, 0.3) is 0 Å². The van der Waals surface area contributed by atoms with Crippen LogP contribution in [-0.4, -0.2) is 30.1 Å². The van der Waals surface area contributed by atoms with E-state index in [2.05, 4.69) is 5.32 Å². The van der Waals surface area contributed by atoms with Crippen molar-refractivity contribution in [2.75, 3.05) is 13.1 Å². The molecule has 4 N–H and O–H groups in total. The molecule has 0 aliphatic heterocycles. The molecular weight excluding hydrogens is 208 g/mol. The number of nitrogens with one attached hydrogen (secondary N) is 1. The summed E-state index contributed by atoms with van der Waals surface area (Å²) in [6.45, 7) is 0.543. The molecule has 1 saturated carbocycles. The van der Waals surface area contributed by atoms with E-state index in [0.717, 1.165) is 32.1 Å². The first-order valence-corrected chi connectivity index (χ1v) is 5.81. The van der Waals surface area contributed by atoms with Crippen molar-refractivity contribution >= 4 is 11.9 Å². The maximum absolute atomic E-state index is 11.9. The Bertz CT molecular complexity index is 260. The second kappa shape index (κ2) is 5.84. The third kappa shape index (κ3) is 3.20. The zero-order valence-corrected chi connectivity index (χ0v) is 9.50. The van der Waals surface area contributed by atoms with Gasteiger partial charge < -0.3 is 16.2 Å². The van der Waals surface area contributed by atoms with E-state index in [1.807, 2.05) is 0 Å². The molecule has 0 atom stereocenters. The molecule has 0 heterocycles. The van der Waals surface area contributed by atoms with Crippen LogP contribution < -0.4 is 11.1 Å². The Morgan fingerprint density at radius 2 is 1.88 bits per heavy atom. The van der Waals surface area contributed by atoms with E-state index in [1.165, 1.54) is 0 Å². The Morgan fingerprint density at radius 1 is 1.25 bits per heavy atom. The summed E-state index contributed by atoms with van der Waals surface area (Å²) in [7, 11) is 0. The molecule has 0 bridgehead atoms. The Labute approximate surface area is 95.4 Å². The molecule has 0 aromatic rings. The smallest absolute Gasteiger partial charge is 0.305 e. The van der Waals surface area contributed by atoms with E-state index in [1.54, 1.807) is 0 Å². The number of aliphatic carboxylic acids is 1. The predicted molar refractivity (Wildman–Crippen MR) is 59.8 cm³/mol. The molecule has 16 heavy (non-hydrogen) atoms. The lowest BCUT2D eigenvalue weighted by Gasteiger charge is -2.34. The number of nitrogens with two attached hydrogens (primary N) is 1. The van der Waals surface area contributed by atoms with Gasteiger partial charge in [-0.1, -0.05) is 19.3 Å². The first kappa shape index (κ1) is 13.0. The molecule has 5 nitrogen and oxygen atoms in total. The number of carbonyl (C=O) groups excluding carboxylic acids is 1. The number of carbonyl (C=O) groups is 2. The van der Waals surface area contributed by atoms with Crippen molar-refractivity contribution < 1.29 is 14.7 Å². The molecule has 0 aromatic carbocycles. The second-order valence-corrected chi connectivity index (χ2v) is 4.44. The summed E-state index contributed by atoms with van der Waals surface area (Å²) in [5.74, 6) is -0.971. The number of hydrogen-bond donors (Lipinski definition) is 3. The largest absolute Gasteiger partial charge is 0.481 e. The lowest BCUT2D eigenvalue weighted by atomic mass is 9.73. The van der Waals surface area contributed by atoms with Gasteiger partial charge >= 0.3 is 5.97 Å². The molecule has 1 fully saturated rings. The van der Waals surface area contributed by atoms with Gasteiger partial charge in [-0.15, -0.1) is 0 Å². The van der Waals surface area contributed by atoms with Crippen molar-refractivity contribution in [2.45, 2.75) is 38.5 Å². The number of amides is 1. The van der Waals surface area contributed by atoms with Crippen molar-refractivity contribution in [1.82, 2.24) is 5.32 Å². The van der Waals surface area contributed by atoms with Gasteiger partial charge in [-0.3, -0.25) is 9.59 Å². The van der Waals surface area contributed by atoms with Gasteiger partial charge in [0.25, 0.3) is 0 Å². The summed E-state index contributed by atoms with van der Waals surface area (Å²) in [6.07, 6.45) is 4.83. The molecule has 1 rings (SSSR count). The van der Waals surface area contributed by atoms with E-state index < -0.39 is 11.4 Å². The standard InChI is InChI=1S/C11H20N2O3/c12-8-11(5-2-1-3-6-11)10(16)13-7-4-9(14)15/h1-8,12H2,(H,13,16)(H,14,15). The fourth-order valence-corrected chi connectivity index (χ4v) is 2.22. The summed E-state index contributed by atoms with van der Waals surface area (Å²) in [4.78, 5) is 22.3. The molecule has 0 saturated heterocycles. The number of rotatable bonds is 5. The number of carboxylic acid groups (broad SMARTS) is 1. The van der Waals surface area contributed by atoms with Gasteiger partial charge in [0.05, 0.1) is 11.8 Å². The van der Waals surface area contributed by atoms with Crippen LogP contribution in [0.3, 0.4) is 0 Å². The van der Waals surface area contributed by atoms with Crippen molar-refractivity contribution in [1.29, 1.82) is 0 Å². The quantitative estimate of drug-likeness (QED) is 0.638. The maximum atomic E-state index is 11.9. The Morgan fingerprint density at radius 3 is 2.38 bits per heavy atom. The monoisotopic (exact) mass is 228 g/mol. The van der Waals surface area contributed by atoms with Gasteiger partial charge in [0.15, 0.2) is 0 Å². The molecule has 5 heteroatoms. The highest BCUT2D eigenvalue weighted by Crippen LogP contribution is 2.35. The van der Waals surface area contributed by atoms with Crippen LogP contribution in [0.15, 0.2) is 0 Å². The van der Waals surface area contributed by atoms with Crippen LogP contribution >= 0.6 is 0 Å². The lowest BCUT2D eigenvalue weighted by molar-refractivity contribution is -0.137. The first-order valence-electron chi connectivity index (χ1n) is 5.81. The Kier molecular flexibility index (Phi) is 4.73. The highest BCUT2D eigenvalue weighted by Gasteiger charge is 2.37. The molecular formula is C11H20N2O3. The van der Waals surface area contributed by atoms with Crippen LogP contribution in [-0.2, 0) is 9.59 Å². The van der Waals surface area contributed by atoms with Crippen LogP contribution in [0.4, 0.5) is 0 Å². The minimum absolute atomic E-state index is 0.0353. The van der Waals surface area contributed by atoms with E-state index in [4.69, 9.17) is 10.8 Å². The highest BCUT2D eigenvalue weighted by molar-refractivity contribution is 5.83. The molecule has 92 valence electrons. The number of carboxylic acids is 1. The molecule has 0 aromatic heterocycles. The SMILES string of the molecule is NCC1(C(=O)NCCC(=O)O)CCCCC1. The van der Waals surface area contributed by atoms with Crippen molar-refractivity contribution in [3.63, 3.8) is 0 Å². The minimum Gasteiger partial charge on any atom is -0.481 e. The van der Waals surface area contributed by atoms with Crippen LogP contribution in [0.1, 0.15) is 38.5 Å². The van der Waals surface area contributed by atoms with Crippen LogP contribution in [0.5, 0.6) is 0 Å². The summed E-state index contributed by atoms with van der Waals surface area (Å²) in [5, 5.41) is 11.2. The van der Waals surface area contributed by atoms with Gasteiger partial charge in [-0.25, -0.2) is 0 Å². The molecule has 1 amide bonds. The normalized spacial score (nSPS) is 19.1. The third-order valence-electron chi connectivity index (χ3n) is 3.31. The second-order valence-electron chi connectivity index (χ2n) is 4.44. The van der Waals surface area contributed by atoms with Crippen molar-refractivity contribution in [3.8, 4) is 0 Å².